The fraction of sp³-hybridized carbons (Fsp3) is 0.100. The molecule has 16 heavy (non-hydrogen) atoms. The van der Waals surface area contributed by atoms with Crippen molar-refractivity contribution < 1.29 is 0 Å². The van der Waals surface area contributed by atoms with Crippen LogP contribution in [-0.4, -0.2) is 15.0 Å². The van der Waals surface area contributed by atoms with E-state index in [-0.39, 0.29) is 6.04 Å². The van der Waals surface area contributed by atoms with E-state index >= 15 is 0 Å². The molecule has 3 N–H and O–H groups in total. The van der Waals surface area contributed by atoms with Gasteiger partial charge in [-0.25, -0.2) is 15.4 Å². The summed E-state index contributed by atoms with van der Waals surface area (Å²) < 4.78 is 0. The summed E-state index contributed by atoms with van der Waals surface area (Å²) in [5.74, 6) is 5.52. The second-order valence-corrected chi connectivity index (χ2v) is 3.58. The minimum atomic E-state index is -0.239. The van der Waals surface area contributed by atoms with Gasteiger partial charge in [0.05, 0.1) is 11.1 Å². The zero-order valence-electron chi connectivity index (χ0n) is 8.34. The monoisotopic (exact) mass is 235 g/mol. The maximum absolute atomic E-state index is 6.05. The average molecular weight is 236 g/mol. The van der Waals surface area contributed by atoms with Crippen LogP contribution in [0.4, 0.5) is 0 Å². The van der Waals surface area contributed by atoms with Crippen LogP contribution in [0.2, 0.25) is 5.02 Å². The number of halogens is 1. The fourth-order valence-corrected chi connectivity index (χ4v) is 1.67. The summed E-state index contributed by atoms with van der Waals surface area (Å²) in [4.78, 5) is 11.8. The molecule has 0 saturated heterocycles. The van der Waals surface area contributed by atoms with Crippen molar-refractivity contribution in [1.82, 2.24) is 20.4 Å². The first-order chi connectivity index (χ1) is 7.83. The molecule has 2 aromatic heterocycles. The van der Waals surface area contributed by atoms with Crippen molar-refractivity contribution in [3.63, 3.8) is 0 Å². The SMILES string of the molecule is NNC(c1cncnc1)c1ccncc1Cl. The highest BCUT2D eigenvalue weighted by Gasteiger charge is 2.15. The molecule has 82 valence electrons. The molecule has 2 heterocycles. The van der Waals surface area contributed by atoms with Crippen molar-refractivity contribution in [2.45, 2.75) is 6.04 Å². The topological polar surface area (TPSA) is 76.7 Å². The first-order valence-corrected chi connectivity index (χ1v) is 5.01. The van der Waals surface area contributed by atoms with E-state index in [9.17, 15) is 0 Å². The Morgan fingerprint density at radius 1 is 1.19 bits per heavy atom. The standard InChI is InChI=1S/C10H10ClN5/c11-9-5-13-2-1-8(9)10(16-12)7-3-14-6-15-4-7/h1-6,10,16H,12H2. The highest BCUT2D eigenvalue weighted by atomic mass is 35.5. The zero-order chi connectivity index (χ0) is 11.4. The summed E-state index contributed by atoms with van der Waals surface area (Å²) in [7, 11) is 0. The van der Waals surface area contributed by atoms with Crippen LogP contribution in [0.1, 0.15) is 17.2 Å². The van der Waals surface area contributed by atoms with E-state index in [2.05, 4.69) is 20.4 Å². The highest BCUT2D eigenvalue weighted by molar-refractivity contribution is 6.31. The third-order valence-electron chi connectivity index (χ3n) is 2.20. The molecule has 0 aliphatic rings. The molecule has 0 spiro atoms. The van der Waals surface area contributed by atoms with E-state index in [1.54, 1.807) is 30.9 Å². The molecule has 0 saturated carbocycles. The smallest absolute Gasteiger partial charge is 0.115 e. The van der Waals surface area contributed by atoms with Crippen LogP contribution in [0.5, 0.6) is 0 Å². The average Bonchev–Trinajstić information content (AvgIpc) is 2.34. The third kappa shape index (κ3) is 2.16. The first-order valence-electron chi connectivity index (χ1n) is 4.63. The lowest BCUT2D eigenvalue weighted by atomic mass is 10.0. The summed E-state index contributed by atoms with van der Waals surface area (Å²) in [6.45, 7) is 0. The van der Waals surface area contributed by atoms with Crippen molar-refractivity contribution in [2.75, 3.05) is 0 Å². The third-order valence-corrected chi connectivity index (χ3v) is 2.51. The number of hydrogen-bond donors (Lipinski definition) is 2. The van der Waals surface area contributed by atoms with E-state index < -0.39 is 0 Å². The summed E-state index contributed by atoms with van der Waals surface area (Å²) >= 11 is 6.05. The Kier molecular flexibility index (Phi) is 3.40. The summed E-state index contributed by atoms with van der Waals surface area (Å²) in [5.41, 5.74) is 4.37. The second kappa shape index (κ2) is 4.98. The number of nitrogens with one attached hydrogen (secondary N) is 1. The van der Waals surface area contributed by atoms with Crippen LogP contribution >= 0.6 is 11.6 Å². The molecular weight excluding hydrogens is 226 g/mol. The Morgan fingerprint density at radius 2 is 1.94 bits per heavy atom. The lowest BCUT2D eigenvalue weighted by Gasteiger charge is -2.16. The fourth-order valence-electron chi connectivity index (χ4n) is 1.45. The van der Waals surface area contributed by atoms with Gasteiger partial charge in [-0.3, -0.25) is 10.8 Å². The van der Waals surface area contributed by atoms with Crippen LogP contribution in [0.15, 0.2) is 37.2 Å². The Morgan fingerprint density at radius 3 is 2.56 bits per heavy atom. The summed E-state index contributed by atoms with van der Waals surface area (Å²) in [5, 5.41) is 0.550. The Balaban J connectivity index is 2.41. The maximum atomic E-state index is 6.05. The lowest BCUT2D eigenvalue weighted by Crippen LogP contribution is -2.29. The van der Waals surface area contributed by atoms with Crippen molar-refractivity contribution in [3.8, 4) is 0 Å². The molecule has 0 aliphatic heterocycles. The minimum absolute atomic E-state index is 0.239. The van der Waals surface area contributed by atoms with E-state index in [0.29, 0.717) is 5.02 Å². The van der Waals surface area contributed by atoms with Gasteiger partial charge < -0.3 is 0 Å². The van der Waals surface area contributed by atoms with Crippen LogP contribution < -0.4 is 11.3 Å². The van der Waals surface area contributed by atoms with Crippen LogP contribution in [-0.2, 0) is 0 Å². The molecule has 5 nitrogen and oxygen atoms in total. The van der Waals surface area contributed by atoms with Gasteiger partial charge in [0.15, 0.2) is 0 Å². The second-order valence-electron chi connectivity index (χ2n) is 3.17. The molecule has 0 bridgehead atoms. The van der Waals surface area contributed by atoms with E-state index in [1.807, 2.05) is 0 Å². The number of hydrazine groups is 1. The molecule has 0 fully saturated rings. The van der Waals surface area contributed by atoms with Crippen molar-refractivity contribution in [1.29, 1.82) is 0 Å². The first kappa shape index (κ1) is 10.9. The molecule has 1 unspecified atom stereocenters. The van der Waals surface area contributed by atoms with Crippen LogP contribution in [0.3, 0.4) is 0 Å². The predicted octanol–water partition coefficient (Wildman–Crippen LogP) is 1.08. The van der Waals surface area contributed by atoms with Crippen molar-refractivity contribution in [2.24, 2.45) is 5.84 Å². The maximum Gasteiger partial charge on any atom is 0.115 e. The van der Waals surface area contributed by atoms with Gasteiger partial charge >= 0.3 is 0 Å². The number of nitrogens with zero attached hydrogens (tertiary/aromatic N) is 3. The molecule has 2 aromatic rings. The van der Waals surface area contributed by atoms with Gasteiger partial charge in [0, 0.05) is 30.4 Å². The van der Waals surface area contributed by atoms with Gasteiger partial charge in [-0.05, 0) is 11.6 Å². The van der Waals surface area contributed by atoms with Crippen molar-refractivity contribution >= 4 is 11.6 Å². The predicted molar refractivity (Wildman–Crippen MR) is 60.4 cm³/mol. The molecule has 2 rings (SSSR count). The normalized spacial score (nSPS) is 12.4. The highest BCUT2D eigenvalue weighted by Crippen LogP contribution is 2.25. The van der Waals surface area contributed by atoms with Gasteiger partial charge in [0.2, 0.25) is 0 Å². The molecule has 0 aromatic carbocycles. The van der Waals surface area contributed by atoms with E-state index in [0.717, 1.165) is 11.1 Å². The van der Waals surface area contributed by atoms with Gasteiger partial charge in [-0.1, -0.05) is 11.6 Å². The summed E-state index contributed by atoms with van der Waals surface area (Å²) in [6, 6.07) is 1.57. The molecule has 6 heteroatoms. The van der Waals surface area contributed by atoms with Gasteiger partial charge in [-0.2, -0.15) is 0 Å². The molecule has 0 amide bonds. The summed E-state index contributed by atoms with van der Waals surface area (Å²) in [6.07, 6.45) is 8.08. The number of pyridine rings is 1. The van der Waals surface area contributed by atoms with Gasteiger partial charge in [-0.15, -0.1) is 0 Å². The Bertz CT molecular complexity index is 462. The minimum Gasteiger partial charge on any atom is -0.271 e. The Hall–Kier alpha value is -1.56. The lowest BCUT2D eigenvalue weighted by molar-refractivity contribution is 0.631. The van der Waals surface area contributed by atoms with Gasteiger partial charge in [0.25, 0.3) is 0 Å². The van der Waals surface area contributed by atoms with E-state index in [4.69, 9.17) is 17.4 Å². The molecular formula is C10H10ClN5. The van der Waals surface area contributed by atoms with Gasteiger partial charge in [0.1, 0.15) is 6.33 Å². The van der Waals surface area contributed by atoms with E-state index in [1.165, 1.54) is 6.33 Å². The number of rotatable bonds is 3. The van der Waals surface area contributed by atoms with Crippen LogP contribution in [0.25, 0.3) is 0 Å². The molecule has 0 radical (unpaired) electrons. The van der Waals surface area contributed by atoms with Crippen LogP contribution in [0, 0.1) is 0 Å². The quantitative estimate of drug-likeness (QED) is 0.615. The number of hydrogen-bond acceptors (Lipinski definition) is 5. The molecule has 0 aliphatic carbocycles. The zero-order valence-corrected chi connectivity index (χ0v) is 9.09. The Labute approximate surface area is 97.7 Å². The molecule has 1 atom stereocenters. The number of nitrogens with two attached hydrogens (primary N) is 1. The number of aromatic nitrogens is 3. The van der Waals surface area contributed by atoms with Crippen molar-refractivity contribution in [3.05, 3.63) is 53.3 Å². The largest absolute Gasteiger partial charge is 0.271 e.